The Morgan fingerprint density at radius 1 is 1.00 bits per heavy atom. The van der Waals surface area contributed by atoms with Crippen LogP contribution in [0.4, 0.5) is 4.79 Å². The molecule has 2 aromatic rings. The van der Waals surface area contributed by atoms with Crippen LogP contribution in [0.5, 0.6) is 23.0 Å². The number of phenols is 3. The highest BCUT2D eigenvalue weighted by Gasteiger charge is 2.25. The van der Waals surface area contributed by atoms with Gasteiger partial charge in [-0.1, -0.05) is 12.1 Å². The lowest BCUT2D eigenvalue weighted by molar-refractivity contribution is -0.403. The van der Waals surface area contributed by atoms with E-state index in [1.807, 2.05) is 0 Å². The lowest BCUT2D eigenvalue weighted by Crippen LogP contribution is -2.69. The molecule has 0 heterocycles. The highest BCUT2D eigenvalue weighted by atomic mass is 16.6. The van der Waals surface area contributed by atoms with E-state index >= 15 is 0 Å². The number of hydrogen-bond acceptors (Lipinski definition) is 7. The van der Waals surface area contributed by atoms with Gasteiger partial charge in [-0.15, -0.1) is 0 Å². The first-order chi connectivity index (χ1) is 14.6. The Hall–Kier alpha value is -3.99. The molecule has 2 atom stereocenters. The van der Waals surface area contributed by atoms with E-state index in [0.29, 0.717) is 11.1 Å². The molecule has 0 radical (unpaired) electrons. The van der Waals surface area contributed by atoms with Crippen LogP contribution in [0.15, 0.2) is 36.4 Å². The monoisotopic (exact) mass is 433 g/mol. The molecule has 0 saturated heterocycles. The van der Waals surface area contributed by atoms with Crippen molar-refractivity contribution in [3.05, 3.63) is 47.5 Å². The number of rotatable bonds is 8. The number of nitrogens with one attached hydrogen (secondary N) is 2. The van der Waals surface area contributed by atoms with Gasteiger partial charge < -0.3 is 42.2 Å². The molecule has 0 fully saturated rings. The Morgan fingerprint density at radius 3 is 2.19 bits per heavy atom. The fraction of sp³-hybridized carbons (Fsp3) is 0.250. The summed E-state index contributed by atoms with van der Waals surface area (Å²) in [5.41, 5.74) is 10.2. The Labute approximate surface area is 177 Å². The van der Waals surface area contributed by atoms with Crippen molar-refractivity contribution in [3.8, 4) is 23.0 Å². The van der Waals surface area contributed by atoms with E-state index in [1.165, 1.54) is 43.4 Å². The summed E-state index contributed by atoms with van der Waals surface area (Å²) in [6.07, 6.45) is -0.653. The summed E-state index contributed by atoms with van der Waals surface area (Å²) in [4.78, 5) is 35.7. The van der Waals surface area contributed by atoms with Gasteiger partial charge in [-0.2, -0.15) is 0 Å². The molecule has 0 spiro atoms. The smallest absolute Gasteiger partial charge is 0.412 e. The molecule has 10 N–H and O–H groups in total. The Bertz CT molecular complexity index is 980. The molecule has 11 nitrogen and oxygen atoms in total. The highest BCUT2D eigenvalue weighted by Crippen LogP contribution is 2.28. The zero-order valence-electron chi connectivity index (χ0n) is 16.8. The molecule has 0 saturated carbocycles. The average Bonchev–Trinajstić information content (AvgIpc) is 2.72. The van der Waals surface area contributed by atoms with Gasteiger partial charge in [0, 0.05) is 19.9 Å². The second-order valence-electron chi connectivity index (χ2n) is 6.83. The zero-order chi connectivity index (χ0) is 23.1. The second kappa shape index (κ2) is 10.2. The summed E-state index contributed by atoms with van der Waals surface area (Å²) >= 11 is 0. The van der Waals surface area contributed by atoms with Gasteiger partial charge in [0.05, 0.1) is 0 Å². The minimum atomic E-state index is -1.08. The number of carbonyl (C=O) groups excluding carboxylic acids is 3. The summed E-state index contributed by atoms with van der Waals surface area (Å²) in [5.74, 6) is -2.32. The van der Waals surface area contributed by atoms with Crippen molar-refractivity contribution >= 4 is 17.9 Å². The van der Waals surface area contributed by atoms with Gasteiger partial charge in [0.2, 0.25) is 5.91 Å². The SMILES string of the molecule is CNC(=O)Oc1cc(C[C@H](NC(=O)[C@@H]([NH3+])Cc2ccc(O)c(O)c2)C(N)=O)ccc1O. The van der Waals surface area contributed by atoms with Crippen LogP contribution in [0.3, 0.4) is 0 Å². The van der Waals surface area contributed by atoms with Crippen molar-refractivity contribution < 1.29 is 40.2 Å². The van der Waals surface area contributed by atoms with Crippen molar-refractivity contribution in [3.63, 3.8) is 0 Å². The van der Waals surface area contributed by atoms with Crippen molar-refractivity contribution in [2.24, 2.45) is 5.73 Å². The summed E-state index contributed by atoms with van der Waals surface area (Å²) in [6.45, 7) is 0. The first-order valence-corrected chi connectivity index (χ1v) is 9.25. The molecule has 0 aromatic heterocycles. The summed E-state index contributed by atoms with van der Waals surface area (Å²) in [6, 6.07) is 6.40. The van der Waals surface area contributed by atoms with Crippen LogP contribution in [-0.2, 0) is 22.4 Å². The van der Waals surface area contributed by atoms with Crippen molar-refractivity contribution in [2.75, 3.05) is 7.05 Å². The summed E-state index contributed by atoms with van der Waals surface area (Å²) in [7, 11) is 1.36. The molecule has 2 rings (SSSR count). The van der Waals surface area contributed by atoms with Crippen LogP contribution < -0.4 is 26.8 Å². The lowest BCUT2D eigenvalue weighted by Gasteiger charge is -2.18. The van der Waals surface area contributed by atoms with Gasteiger partial charge in [0.1, 0.15) is 6.04 Å². The number of benzene rings is 2. The van der Waals surface area contributed by atoms with Gasteiger partial charge in [-0.3, -0.25) is 9.59 Å². The molecule has 0 aliphatic rings. The minimum Gasteiger partial charge on any atom is -0.504 e. The number of quaternary nitrogens is 1. The number of nitrogens with two attached hydrogens (primary N) is 1. The predicted octanol–water partition coefficient (Wildman–Crippen LogP) is -1.11. The van der Waals surface area contributed by atoms with E-state index in [0.717, 1.165) is 0 Å². The van der Waals surface area contributed by atoms with Crippen LogP contribution in [0.2, 0.25) is 0 Å². The molecule has 0 aliphatic heterocycles. The van der Waals surface area contributed by atoms with E-state index in [1.54, 1.807) is 0 Å². The van der Waals surface area contributed by atoms with Crippen molar-refractivity contribution in [1.29, 1.82) is 0 Å². The summed E-state index contributed by atoms with van der Waals surface area (Å²) in [5, 5.41) is 33.5. The number of aromatic hydroxyl groups is 3. The van der Waals surface area contributed by atoms with E-state index < -0.39 is 30.0 Å². The maximum Gasteiger partial charge on any atom is 0.412 e. The maximum atomic E-state index is 12.5. The third-order valence-corrected chi connectivity index (χ3v) is 4.42. The highest BCUT2D eigenvalue weighted by molar-refractivity contribution is 5.88. The topological polar surface area (TPSA) is 199 Å². The van der Waals surface area contributed by atoms with Gasteiger partial charge in [0.15, 0.2) is 29.0 Å². The van der Waals surface area contributed by atoms with Crippen LogP contribution in [0.1, 0.15) is 11.1 Å². The predicted molar refractivity (Wildman–Crippen MR) is 108 cm³/mol. The normalized spacial score (nSPS) is 12.5. The quantitative estimate of drug-likeness (QED) is 0.256. The van der Waals surface area contributed by atoms with Crippen molar-refractivity contribution in [1.82, 2.24) is 10.6 Å². The number of primary amides is 1. The van der Waals surface area contributed by atoms with E-state index in [2.05, 4.69) is 16.4 Å². The molecule has 31 heavy (non-hydrogen) atoms. The molecule has 0 unspecified atom stereocenters. The van der Waals surface area contributed by atoms with Gasteiger partial charge in [-0.05, 0) is 35.4 Å². The largest absolute Gasteiger partial charge is 0.504 e. The number of hydrogen-bond donors (Lipinski definition) is 7. The first-order valence-electron chi connectivity index (χ1n) is 9.25. The molecule has 3 amide bonds. The van der Waals surface area contributed by atoms with Crippen LogP contribution in [0, 0.1) is 0 Å². The van der Waals surface area contributed by atoms with Crippen LogP contribution in [-0.4, -0.2) is 52.4 Å². The molecule has 0 bridgehead atoms. The molecule has 11 heteroatoms. The zero-order valence-corrected chi connectivity index (χ0v) is 16.8. The lowest BCUT2D eigenvalue weighted by atomic mass is 10.0. The molecular formula is C20H25N4O7+. The molecule has 0 aliphatic carbocycles. The Kier molecular flexibility index (Phi) is 7.64. The maximum absolute atomic E-state index is 12.5. The first kappa shape index (κ1) is 23.3. The summed E-state index contributed by atoms with van der Waals surface area (Å²) < 4.78 is 4.93. The fourth-order valence-electron chi connectivity index (χ4n) is 2.74. The fourth-order valence-corrected chi connectivity index (χ4v) is 2.74. The van der Waals surface area contributed by atoms with Gasteiger partial charge in [-0.25, -0.2) is 4.79 Å². The number of amides is 3. The standard InChI is InChI=1S/C20H24N4O7/c1-23-20(30)31-17-9-11(3-5-15(17)26)7-13(18(22)28)24-19(29)12(21)6-10-2-4-14(25)16(27)8-10/h2-5,8-9,12-13,25-27H,6-7,21H2,1H3,(H2,22,28)(H,23,30)(H,24,29)/p+1/t12-,13-/m0/s1. The van der Waals surface area contributed by atoms with Crippen LogP contribution in [0.25, 0.3) is 0 Å². The molecule has 2 aromatic carbocycles. The van der Waals surface area contributed by atoms with E-state index in [4.69, 9.17) is 10.5 Å². The van der Waals surface area contributed by atoms with E-state index in [-0.39, 0.29) is 35.8 Å². The third-order valence-electron chi connectivity index (χ3n) is 4.42. The second-order valence-corrected chi connectivity index (χ2v) is 6.83. The van der Waals surface area contributed by atoms with E-state index in [9.17, 15) is 29.7 Å². The number of ether oxygens (including phenoxy) is 1. The third kappa shape index (κ3) is 6.51. The van der Waals surface area contributed by atoms with Gasteiger partial charge in [0.25, 0.3) is 5.91 Å². The Morgan fingerprint density at radius 2 is 1.61 bits per heavy atom. The Balaban J connectivity index is 2.07. The minimum absolute atomic E-state index is 0.0157. The molecule has 166 valence electrons. The van der Waals surface area contributed by atoms with Crippen molar-refractivity contribution in [2.45, 2.75) is 24.9 Å². The van der Waals surface area contributed by atoms with Gasteiger partial charge >= 0.3 is 6.09 Å². The average molecular weight is 433 g/mol. The number of phenolic OH excluding ortho intramolecular Hbond substituents is 3. The molecular weight excluding hydrogens is 408 g/mol. The van der Waals surface area contributed by atoms with Crippen LogP contribution >= 0.6 is 0 Å². The number of carbonyl (C=O) groups is 3.